The van der Waals surface area contributed by atoms with Crippen LogP contribution in [0.2, 0.25) is 0 Å². The fourth-order valence-electron chi connectivity index (χ4n) is 3.92. The van der Waals surface area contributed by atoms with E-state index in [0.717, 1.165) is 23.4 Å². The van der Waals surface area contributed by atoms with E-state index < -0.39 is 12.1 Å². The van der Waals surface area contributed by atoms with Gasteiger partial charge in [-0.3, -0.25) is 5.32 Å². The predicted molar refractivity (Wildman–Crippen MR) is 91.2 cm³/mol. The van der Waals surface area contributed by atoms with Crippen molar-refractivity contribution in [1.29, 1.82) is 0 Å². The van der Waals surface area contributed by atoms with E-state index >= 15 is 0 Å². The third kappa shape index (κ3) is 2.49. The van der Waals surface area contributed by atoms with Gasteiger partial charge in [-0.2, -0.15) is 0 Å². The average Bonchev–Trinajstić information content (AvgIpc) is 3.02. The van der Waals surface area contributed by atoms with E-state index in [4.69, 9.17) is 0 Å². The van der Waals surface area contributed by atoms with E-state index in [1.54, 1.807) is 6.92 Å². The molecule has 0 saturated carbocycles. The lowest BCUT2D eigenvalue weighted by molar-refractivity contribution is 0.146. The molecule has 24 heavy (non-hydrogen) atoms. The summed E-state index contributed by atoms with van der Waals surface area (Å²) < 4.78 is 0. The van der Waals surface area contributed by atoms with Gasteiger partial charge in [0.25, 0.3) is 0 Å². The van der Waals surface area contributed by atoms with Crippen LogP contribution in [-0.4, -0.2) is 48.4 Å². The molecule has 0 aromatic heterocycles. The second-order valence-corrected chi connectivity index (χ2v) is 6.69. The van der Waals surface area contributed by atoms with Crippen molar-refractivity contribution >= 4 is 17.8 Å². The molecular formula is C17H24N4O3. The van der Waals surface area contributed by atoms with Crippen LogP contribution in [0.25, 0.3) is 0 Å². The van der Waals surface area contributed by atoms with E-state index in [0.29, 0.717) is 6.54 Å². The zero-order valence-corrected chi connectivity index (χ0v) is 14.3. The van der Waals surface area contributed by atoms with Gasteiger partial charge in [0.1, 0.15) is 0 Å². The van der Waals surface area contributed by atoms with Crippen LogP contribution in [0.4, 0.5) is 15.3 Å². The highest BCUT2D eigenvalue weighted by atomic mass is 16.4. The van der Waals surface area contributed by atoms with E-state index in [-0.39, 0.29) is 18.1 Å². The first-order valence-electron chi connectivity index (χ1n) is 8.26. The van der Waals surface area contributed by atoms with Crippen molar-refractivity contribution < 1.29 is 14.7 Å². The molecule has 1 saturated heterocycles. The van der Waals surface area contributed by atoms with Crippen LogP contribution < -0.4 is 15.5 Å². The Hall–Kier alpha value is -2.28. The largest absolute Gasteiger partial charge is 0.465 e. The standard InChI is InChI=1S/C17H24N4O3/c1-4-18-15(22)21(16(23)24)10-11-5-6-13-12(9-11)17(2)7-8-19-14(17)20(13)3/h5-6,9,14,19H,4,7-8,10H2,1-3H3,(H,18,22)(H,23,24)/t14-,17+/m1/s1. The molecule has 1 fully saturated rings. The Labute approximate surface area is 141 Å². The number of carboxylic acid groups (broad SMARTS) is 1. The number of fused-ring (bicyclic) bond motifs is 3. The third-order valence-corrected chi connectivity index (χ3v) is 5.17. The molecule has 2 atom stereocenters. The number of hydrogen-bond acceptors (Lipinski definition) is 4. The van der Waals surface area contributed by atoms with Gasteiger partial charge in [-0.05, 0) is 37.1 Å². The number of carbonyl (C=O) groups is 2. The van der Waals surface area contributed by atoms with Gasteiger partial charge in [-0.15, -0.1) is 0 Å². The van der Waals surface area contributed by atoms with Gasteiger partial charge < -0.3 is 15.3 Å². The minimum atomic E-state index is -1.25. The molecular weight excluding hydrogens is 308 g/mol. The molecule has 3 amide bonds. The van der Waals surface area contributed by atoms with Gasteiger partial charge in [0.05, 0.1) is 12.7 Å². The Morgan fingerprint density at radius 2 is 2.25 bits per heavy atom. The summed E-state index contributed by atoms with van der Waals surface area (Å²) in [5, 5.41) is 15.4. The zero-order chi connectivity index (χ0) is 17.5. The molecule has 1 aromatic carbocycles. The maximum atomic E-state index is 11.9. The van der Waals surface area contributed by atoms with Crippen molar-refractivity contribution in [1.82, 2.24) is 15.5 Å². The summed E-state index contributed by atoms with van der Waals surface area (Å²) in [7, 11) is 2.07. The van der Waals surface area contributed by atoms with Gasteiger partial charge in [-0.25, -0.2) is 14.5 Å². The summed E-state index contributed by atoms with van der Waals surface area (Å²) in [6, 6.07) is 5.38. The summed E-state index contributed by atoms with van der Waals surface area (Å²) in [5.74, 6) is 0. The Morgan fingerprint density at radius 1 is 1.50 bits per heavy atom. The summed E-state index contributed by atoms with van der Waals surface area (Å²) in [4.78, 5) is 26.4. The number of benzene rings is 1. The summed E-state index contributed by atoms with van der Waals surface area (Å²) in [6.45, 7) is 5.41. The lowest BCUT2D eigenvalue weighted by Crippen LogP contribution is -2.44. The predicted octanol–water partition coefficient (Wildman–Crippen LogP) is 1.92. The normalized spacial score (nSPS) is 24.5. The van der Waals surface area contributed by atoms with Crippen LogP contribution in [0.15, 0.2) is 18.2 Å². The van der Waals surface area contributed by atoms with Crippen molar-refractivity contribution in [2.75, 3.05) is 25.0 Å². The first-order chi connectivity index (χ1) is 11.4. The number of hydrogen-bond donors (Lipinski definition) is 3. The molecule has 3 N–H and O–H groups in total. The Kier molecular flexibility index (Phi) is 4.13. The molecule has 1 aromatic rings. The average molecular weight is 332 g/mol. The van der Waals surface area contributed by atoms with E-state index in [1.807, 2.05) is 18.2 Å². The summed E-state index contributed by atoms with van der Waals surface area (Å²) in [5.41, 5.74) is 3.22. The van der Waals surface area contributed by atoms with Crippen molar-refractivity contribution in [3.8, 4) is 0 Å². The third-order valence-electron chi connectivity index (χ3n) is 5.17. The highest BCUT2D eigenvalue weighted by molar-refractivity contribution is 5.89. The number of rotatable bonds is 3. The maximum absolute atomic E-state index is 11.9. The fraction of sp³-hybridized carbons (Fsp3) is 0.529. The van der Waals surface area contributed by atoms with E-state index in [2.05, 4.69) is 29.5 Å². The van der Waals surface area contributed by atoms with Crippen LogP contribution in [0.3, 0.4) is 0 Å². The number of amides is 3. The summed E-state index contributed by atoms with van der Waals surface area (Å²) >= 11 is 0. The molecule has 7 heteroatoms. The van der Waals surface area contributed by atoms with Crippen molar-refractivity contribution in [3.05, 3.63) is 29.3 Å². The maximum Gasteiger partial charge on any atom is 0.415 e. The van der Waals surface area contributed by atoms with E-state index in [9.17, 15) is 14.7 Å². The second-order valence-electron chi connectivity index (χ2n) is 6.69. The van der Waals surface area contributed by atoms with Gasteiger partial charge in [0.15, 0.2) is 0 Å². The molecule has 2 heterocycles. The van der Waals surface area contributed by atoms with Gasteiger partial charge in [0.2, 0.25) is 0 Å². The first kappa shape index (κ1) is 16.6. The van der Waals surface area contributed by atoms with Gasteiger partial charge >= 0.3 is 12.1 Å². The second kappa shape index (κ2) is 5.98. The smallest absolute Gasteiger partial charge is 0.415 e. The number of nitrogens with zero attached hydrogens (tertiary/aromatic N) is 2. The Morgan fingerprint density at radius 3 is 2.92 bits per heavy atom. The molecule has 0 radical (unpaired) electrons. The van der Waals surface area contributed by atoms with Crippen LogP contribution in [0, 0.1) is 0 Å². The van der Waals surface area contributed by atoms with E-state index in [1.165, 1.54) is 11.3 Å². The quantitative estimate of drug-likeness (QED) is 0.787. The van der Waals surface area contributed by atoms with Crippen LogP contribution in [0.1, 0.15) is 31.4 Å². The zero-order valence-electron chi connectivity index (χ0n) is 14.3. The minimum Gasteiger partial charge on any atom is -0.465 e. The first-order valence-corrected chi connectivity index (χ1v) is 8.26. The number of imide groups is 1. The molecule has 130 valence electrons. The monoisotopic (exact) mass is 332 g/mol. The number of urea groups is 1. The van der Waals surface area contributed by atoms with Gasteiger partial charge in [-0.1, -0.05) is 19.1 Å². The van der Waals surface area contributed by atoms with Crippen LogP contribution in [-0.2, 0) is 12.0 Å². The molecule has 0 bridgehead atoms. The topological polar surface area (TPSA) is 84.9 Å². The SMILES string of the molecule is CCNC(=O)N(Cc1ccc2c(c1)[C@]1(C)CCN[C@@H]1N2C)C(=O)O. The van der Waals surface area contributed by atoms with Crippen molar-refractivity contribution in [2.24, 2.45) is 0 Å². The molecule has 2 aliphatic heterocycles. The molecule has 0 aliphatic carbocycles. The number of likely N-dealkylation sites (N-methyl/N-ethyl adjacent to an activating group) is 1. The van der Waals surface area contributed by atoms with Crippen LogP contribution in [0.5, 0.6) is 0 Å². The highest BCUT2D eigenvalue weighted by Gasteiger charge is 2.49. The number of nitrogens with one attached hydrogen (secondary N) is 2. The fourth-order valence-corrected chi connectivity index (χ4v) is 3.92. The number of anilines is 1. The molecule has 0 unspecified atom stereocenters. The Balaban J connectivity index is 1.89. The lowest BCUT2D eigenvalue weighted by Gasteiger charge is -2.27. The summed E-state index contributed by atoms with van der Waals surface area (Å²) in [6.07, 6.45) is 0.0594. The minimum absolute atomic E-state index is 0.0137. The van der Waals surface area contributed by atoms with Crippen molar-refractivity contribution in [2.45, 2.75) is 38.4 Å². The van der Waals surface area contributed by atoms with Crippen LogP contribution >= 0.6 is 0 Å². The number of carbonyl (C=O) groups excluding carboxylic acids is 1. The van der Waals surface area contributed by atoms with Crippen molar-refractivity contribution in [3.63, 3.8) is 0 Å². The van der Waals surface area contributed by atoms with Gasteiger partial charge in [0, 0.05) is 24.7 Å². The molecule has 7 nitrogen and oxygen atoms in total. The molecule has 2 aliphatic rings. The lowest BCUT2D eigenvalue weighted by atomic mass is 9.81. The Bertz CT molecular complexity index is 678. The highest BCUT2D eigenvalue weighted by Crippen LogP contribution is 2.48. The molecule has 3 rings (SSSR count). The molecule has 0 spiro atoms.